The van der Waals surface area contributed by atoms with Crippen LogP contribution in [-0.4, -0.2) is 48.8 Å². The third kappa shape index (κ3) is 4.00. The fraction of sp³-hybridized carbons (Fsp3) is 1.00. The minimum atomic E-state index is 0.394. The molecular formula is C18H36N2O. The zero-order chi connectivity index (χ0) is 15.5. The molecule has 1 N–H and O–H groups in total. The first kappa shape index (κ1) is 17.2. The second-order valence-corrected chi connectivity index (χ2v) is 7.82. The zero-order valence-electron chi connectivity index (χ0n) is 14.8. The van der Waals surface area contributed by atoms with Crippen LogP contribution < -0.4 is 5.32 Å². The summed E-state index contributed by atoms with van der Waals surface area (Å²) in [7, 11) is 0. The Bertz CT molecular complexity index is 310. The van der Waals surface area contributed by atoms with Crippen LogP contribution in [0.25, 0.3) is 0 Å². The van der Waals surface area contributed by atoms with Crippen molar-refractivity contribution in [2.75, 3.05) is 26.3 Å². The fourth-order valence-electron chi connectivity index (χ4n) is 4.24. The van der Waals surface area contributed by atoms with Crippen LogP contribution in [0, 0.1) is 11.8 Å². The van der Waals surface area contributed by atoms with Gasteiger partial charge >= 0.3 is 0 Å². The molecule has 0 aromatic carbocycles. The molecule has 0 radical (unpaired) electrons. The van der Waals surface area contributed by atoms with E-state index in [9.17, 15) is 0 Å². The van der Waals surface area contributed by atoms with Crippen LogP contribution in [0.4, 0.5) is 0 Å². The molecule has 2 unspecified atom stereocenters. The predicted molar refractivity (Wildman–Crippen MR) is 89.7 cm³/mol. The third-order valence-electron chi connectivity index (χ3n) is 5.62. The summed E-state index contributed by atoms with van der Waals surface area (Å²) >= 11 is 0. The Kier molecular flexibility index (Phi) is 6.10. The summed E-state index contributed by atoms with van der Waals surface area (Å²) in [4.78, 5) is 2.80. The lowest BCUT2D eigenvalue weighted by molar-refractivity contribution is -0.0299. The van der Waals surface area contributed by atoms with E-state index < -0.39 is 0 Å². The predicted octanol–water partition coefficient (Wildman–Crippen LogP) is 3.29. The highest BCUT2D eigenvalue weighted by Gasteiger charge is 2.44. The molecule has 1 saturated carbocycles. The Balaban J connectivity index is 2.14. The third-order valence-corrected chi connectivity index (χ3v) is 5.62. The van der Waals surface area contributed by atoms with Gasteiger partial charge in [0.2, 0.25) is 0 Å². The summed E-state index contributed by atoms with van der Waals surface area (Å²) in [6.07, 6.45) is 5.50. The normalized spacial score (nSPS) is 27.9. The number of hydrogen-bond acceptors (Lipinski definition) is 3. The quantitative estimate of drug-likeness (QED) is 0.814. The summed E-state index contributed by atoms with van der Waals surface area (Å²) in [5, 5.41) is 3.92. The van der Waals surface area contributed by atoms with Gasteiger partial charge in [0.15, 0.2) is 0 Å². The van der Waals surface area contributed by atoms with Crippen LogP contribution in [-0.2, 0) is 4.74 Å². The van der Waals surface area contributed by atoms with E-state index in [2.05, 4.69) is 44.8 Å². The molecule has 0 bridgehead atoms. The maximum atomic E-state index is 5.83. The summed E-state index contributed by atoms with van der Waals surface area (Å²) in [6, 6.07) is 1.20. The van der Waals surface area contributed by atoms with E-state index in [-0.39, 0.29) is 0 Å². The molecule has 1 heterocycles. The Morgan fingerprint density at radius 3 is 2.38 bits per heavy atom. The molecule has 3 nitrogen and oxygen atoms in total. The number of nitrogens with zero attached hydrogens (tertiary/aromatic N) is 1. The van der Waals surface area contributed by atoms with Gasteiger partial charge in [0.05, 0.1) is 6.61 Å². The van der Waals surface area contributed by atoms with Gasteiger partial charge in [-0.25, -0.2) is 0 Å². The molecule has 1 saturated heterocycles. The molecule has 0 aromatic heterocycles. The molecule has 3 heteroatoms. The minimum absolute atomic E-state index is 0.394. The highest BCUT2D eigenvalue weighted by molar-refractivity contribution is 5.03. The number of hydrogen-bond donors (Lipinski definition) is 1. The molecule has 0 amide bonds. The summed E-state index contributed by atoms with van der Waals surface area (Å²) in [6.45, 7) is 15.6. The van der Waals surface area contributed by atoms with Crippen LogP contribution in [0.1, 0.15) is 60.3 Å². The smallest absolute Gasteiger partial charge is 0.0624 e. The summed E-state index contributed by atoms with van der Waals surface area (Å²) < 4.78 is 5.83. The Hall–Kier alpha value is -0.120. The van der Waals surface area contributed by atoms with Gasteiger partial charge in [0.1, 0.15) is 0 Å². The molecule has 2 aliphatic rings. The van der Waals surface area contributed by atoms with Crippen molar-refractivity contribution in [3.05, 3.63) is 0 Å². The average Bonchev–Trinajstić information content (AvgIpc) is 2.87. The van der Waals surface area contributed by atoms with E-state index in [1.54, 1.807) is 0 Å². The number of rotatable bonds is 6. The van der Waals surface area contributed by atoms with Gasteiger partial charge in [-0.05, 0) is 31.6 Å². The molecular weight excluding hydrogens is 260 g/mol. The van der Waals surface area contributed by atoms with E-state index in [0.717, 1.165) is 19.8 Å². The number of piperazine rings is 1. The maximum absolute atomic E-state index is 5.83. The van der Waals surface area contributed by atoms with Crippen molar-refractivity contribution in [1.29, 1.82) is 0 Å². The fourth-order valence-corrected chi connectivity index (χ4v) is 4.24. The van der Waals surface area contributed by atoms with Crippen LogP contribution in [0.5, 0.6) is 0 Å². The summed E-state index contributed by atoms with van der Waals surface area (Å²) in [5.41, 5.74) is 0.394. The lowest BCUT2D eigenvalue weighted by atomic mass is 9.86. The van der Waals surface area contributed by atoms with Gasteiger partial charge in [-0.15, -0.1) is 0 Å². The van der Waals surface area contributed by atoms with Gasteiger partial charge in [-0.2, -0.15) is 0 Å². The second-order valence-electron chi connectivity index (χ2n) is 7.82. The highest BCUT2D eigenvalue weighted by atomic mass is 16.5. The lowest BCUT2D eigenvalue weighted by Gasteiger charge is -2.51. The first-order valence-electron chi connectivity index (χ1n) is 9.07. The lowest BCUT2D eigenvalue weighted by Crippen LogP contribution is -2.67. The van der Waals surface area contributed by atoms with Crippen molar-refractivity contribution in [1.82, 2.24) is 10.2 Å². The SMILES string of the molecule is CCOCC(C(C)C)N1CC2(CCCC2)NCC1C(C)C. The molecule has 1 aliphatic carbocycles. The van der Waals surface area contributed by atoms with Crippen molar-refractivity contribution in [2.45, 2.75) is 77.9 Å². The molecule has 1 aliphatic heterocycles. The Morgan fingerprint density at radius 2 is 1.86 bits per heavy atom. The summed E-state index contributed by atoms with van der Waals surface area (Å²) in [5.74, 6) is 1.34. The molecule has 2 rings (SSSR count). The average molecular weight is 296 g/mol. The van der Waals surface area contributed by atoms with Crippen molar-refractivity contribution in [2.24, 2.45) is 11.8 Å². The minimum Gasteiger partial charge on any atom is -0.380 e. The van der Waals surface area contributed by atoms with E-state index in [4.69, 9.17) is 4.74 Å². The molecule has 2 atom stereocenters. The van der Waals surface area contributed by atoms with Crippen molar-refractivity contribution in [3.63, 3.8) is 0 Å². The van der Waals surface area contributed by atoms with Crippen LogP contribution in [0.15, 0.2) is 0 Å². The number of nitrogens with one attached hydrogen (secondary N) is 1. The Morgan fingerprint density at radius 1 is 1.19 bits per heavy atom. The van der Waals surface area contributed by atoms with Crippen LogP contribution in [0.3, 0.4) is 0 Å². The van der Waals surface area contributed by atoms with Gasteiger partial charge in [0.25, 0.3) is 0 Å². The highest BCUT2D eigenvalue weighted by Crippen LogP contribution is 2.36. The van der Waals surface area contributed by atoms with Gasteiger partial charge in [-0.3, -0.25) is 4.90 Å². The van der Waals surface area contributed by atoms with Gasteiger partial charge in [-0.1, -0.05) is 40.5 Å². The van der Waals surface area contributed by atoms with E-state index in [1.165, 1.54) is 32.2 Å². The topological polar surface area (TPSA) is 24.5 Å². The van der Waals surface area contributed by atoms with E-state index in [1.807, 2.05) is 0 Å². The van der Waals surface area contributed by atoms with Crippen LogP contribution >= 0.6 is 0 Å². The molecule has 124 valence electrons. The largest absolute Gasteiger partial charge is 0.380 e. The molecule has 21 heavy (non-hydrogen) atoms. The van der Waals surface area contributed by atoms with E-state index >= 15 is 0 Å². The maximum Gasteiger partial charge on any atom is 0.0624 e. The molecule has 1 spiro atoms. The van der Waals surface area contributed by atoms with Crippen molar-refractivity contribution in [3.8, 4) is 0 Å². The monoisotopic (exact) mass is 296 g/mol. The van der Waals surface area contributed by atoms with Crippen molar-refractivity contribution < 1.29 is 4.74 Å². The zero-order valence-corrected chi connectivity index (χ0v) is 14.8. The number of ether oxygens (including phenoxy) is 1. The second kappa shape index (κ2) is 7.43. The first-order chi connectivity index (χ1) is 9.99. The molecule has 2 fully saturated rings. The van der Waals surface area contributed by atoms with E-state index in [0.29, 0.717) is 29.5 Å². The van der Waals surface area contributed by atoms with Gasteiger partial charge in [0, 0.05) is 37.3 Å². The van der Waals surface area contributed by atoms with Crippen molar-refractivity contribution >= 4 is 0 Å². The molecule has 0 aromatic rings. The van der Waals surface area contributed by atoms with Crippen LogP contribution in [0.2, 0.25) is 0 Å². The van der Waals surface area contributed by atoms with Gasteiger partial charge < -0.3 is 10.1 Å². The standard InChI is InChI=1S/C18H36N2O/c1-6-21-12-17(15(4)5)20-13-18(9-7-8-10-18)19-11-16(20)14(2)3/h14-17,19H,6-13H2,1-5H3. The first-order valence-corrected chi connectivity index (χ1v) is 9.07. The Labute approximate surface area is 131 Å².